The molecule has 3 aromatic rings. The molecule has 0 N–H and O–H groups in total. The number of carbonyl (C=O) groups excluding carboxylic acids is 1. The Labute approximate surface area is 144 Å². The standard InChI is InChI=1S/C15H11BrN2O4S/c1-20-14(19)12-7-6-9(21-12)8-23-15-18-17-13(22-15)10-4-2-3-5-11(10)16/h2-7H,8H2,1H3. The number of nitrogens with zero attached hydrogens (tertiary/aromatic N) is 2. The zero-order valence-corrected chi connectivity index (χ0v) is 14.4. The first-order valence-corrected chi connectivity index (χ1v) is 8.33. The first-order valence-electron chi connectivity index (χ1n) is 6.55. The minimum atomic E-state index is -0.504. The Morgan fingerprint density at radius 2 is 2.04 bits per heavy atom. The second-order valence-corrected chi connectivity index (χ2v) is 6.18. The number of rotatable bonds is 5. The number of benzene rings is 1. The number of carbonyl (C=O) groups is 1. The fourth-order valence-electron chi connectivity index (χ4n) is 1.81. The highest BCUT2D eigenvalue weighted by molar-refractivity contribution is 9.10. The lowest BCUT2D eigenvalue weighted by Gasteiger charge is -1.97. The van der Waals surface area contributed by atoms with Gasteiger partial charge >= 0.3 is 5.97 Å². The number of hydrogen-bond donors (Lipinski definition) is 0. The number of halogens is 1. The van der Waals surface area contributed by atoms with Crippen LogP contribution in [0.1, 0.15) is 16.3 Å². The Balaban J connectivity index is 1.67. The molecule has 2 heterocycles. The molecule has 0 aliphatic heterocycles. The second kappa shape index (κ2) is 7.01. The highest BCUT2D eigenvalue weighted by atomic mass is 79.9. The van der Waals surface area contributed by atoms with Gasteiger partial charge in [0.05, 0.1) is 18.4 Å². The van der Waals surface area contributed by atoms with E-state index in [0.29, 0.717) is 22.6 Å². The van der Waals surface area contributed by atoms with E-state index < -0.39 is 5.97 Å². The molecule has 0 saturated carbocycles. The van der Waals surface area contributed by atoms with E-state index in [1.807, 2.05) is 24.3 Å². The minimum absolute atomic E-state index is 0.169. The molecule has 1 aromatic carbocycles. The van der Waals surface area contributed by atoms with Crippen molar-refractivity contribution in [3.8, 4) is 11.5 Å². The van der Waals surface area contributed by atoms with Gasteiger partial charge in [0.25, 0.3) is 5.22 Å². The topological polar surface area (TPSA) is 78.4 Å². The molecule has 23 heavy (non-hydrogen) atoms. The van der Waals surface area contributed by atoms with Gasteiger partial charge in [0.1, 0.15) is 5.76 Å². The van der Waals surface area contributed by atoms with Crippen molar-refractivity contribution in [3.05, 3.63) is 52.4 Å². The Bertz CT molecular complexity index is 830. The molecule has 0 atom stereocenters. The molecular formula is C15H11BrN2O4S. The molecule has 0 unspecified atom stereocenters. The summed E-state index contributed by atoms with van der Waals surface area (Å²) in [5.74, 6) is 1.19. The average molecular weight is 395 g/mol. The maximum atomic E-state index is 11.3. The summed E-state index contributed by atoms with van der Waals surface area (Å²) in [5, 5.41) is 8.46. The molecule has 8 heteroatoms. The van der Waals surface area contributed by atoms with E-state index >= 15 is 0 Å². The van der Waals surface area contributed by atoms with Crippen LogP contribution in [0.25, 0.3) is 11.5 Å². The Morgan fingerprint density at radius 3 is 2.83 bits per heavy atom. The molecule has 0 aliphatic carbocycles. The lowest BCUT2D eigenvalue weighted by molar-refractivity contribution is 0.0563. The third-order valence-corrected chi connectivity index (χ3v) is 4.43. The molecule has 0 bridgehead atoms. The molecular weight excluding hydrogens is 384 g/mol. The largest absolute Gasteiger partial charge is 0.463 e. The van der Waals surface area contributed by atoms with Crippen LogP contribution >= 0.6 is 27.7 Å². The van der Waals surface area contributed by atoms with E-state index in [4.69, 9.17) is 8.83 Å². The number of ether oxygens (including phenoxy) is 1. The average Bonchev–Trinajstić information content (AvgIpc) is 3.22. The zero-order chi connectivity index (χ0) is 16.2. The summed E-state index contributed by atoms with van der Waals surface area (Å²) in [4.78, 5) is 11.3. The lowest BCUT2D eigenvalue weighted by Crippen LogP contribution is -1.98. The third kappa shape index (κ3) is 3.65. The highest BCUT2D eigenvalue weighted by Gasteiger charge is 2.14. The van der Waals surface area contributed by atoms with Crippen molar-refractivity contribution in [2.45, 2.75) is 11.0 Å². The van der Waals surface area contributed by atoms with Crippen LogP contribution < -0.4 is 0 Å². The summed E-state index contributed by atoms with van der Waals surface area (Å²) in [6.45, 7) is 0. The van der Waals surface area contributed by atoms with Crippen LogP contribution in [0.2, 0.25) is 0 Å². The summed E-state index contributed by atoms with van der Waals surface area (Å²) in [5.41, 5.74) is 0.831. The summed E-state index contributed by atoms with van der Waals surface area (Å²) >= 11 is 4.77. The Hall–Kier alpha value is -2.06. The quantitative estimate of drug-likeness (QED) is 0.474. The molecule has 118 valence electrons. The molecule has 0 aliphatic rings. The highest BCUT2D eigenvalue weighted by Crippen LogP contribution is 2.30. The number of thioether (sulfide) groups is 1. The van der Waals surface area contributed by atoms with Crippen molar-refractivity contribution >= 4 is 33.7 Å². The minimum Gasteiger partial charge on any atom is -0.463 e. The first-order chi connectivity index (χ1) is 11.2. The maximum absolute atomic E-state index is 11.3. The summed E-state index contributed by atoms with van der Waals surface area (Å²) in [6, 6.07) is 10.9. The van der Waals surface area contributed by atoms with Crippen molar-refractivity contribution in [2.24, 2.45) is 0 Å². The first kappa shape index (κ1) is 15.8. The van der Waals surface area contributed by atoms with Crippen molar-refractivity contribution in [1.82, 2.24) is 10.2 Å². The monoisotopic (exact) mass is 394 g/mol. The SMILES string of the molecule is COC(=O)c1ccc(CSc2nnc(-c3ccccc3Br)o2)o1. The zero-order valence-electron chi connectivity index (χ0n) is 12.0. The van der Waals surface area contributed by atoms with Gasteiger partial charge in [-0.2, -0.15) is 0 Å². The smallest absolute Gasteiger partial charge is 0.373 e. The van der Waals surface area contributed by atoms with Gasteiger partial charge in [-0.05, 0) is 40.2 Å². The van der Waals surface area contributed by atoms with E-state index in [1.54, 1.807) is 12.1 Å². The van der Waals surface area contributed by atoms with Gasteiger partial charge in [0.15, 0.2) is 0 Å². The normalized spacial score (nSPS) is 10.7. The number of hydrogen-bond acceptors (Lipinski definition) is 7. The summed E-state index contributed by atoms with van der Waals surface area (Å²) in [6.07, 6.45) is 0. The third-order valence-electron chi connectivity index (χ3n) is 2.90. The van der Waals surface area contributed by atoms with E-state index in [-0.39, 0.29) is 5.76 Å². The van der Waals surface area contributed by atoms with E-state index in [9.17, 15) is 4.79 Å². The summed E-state index contributed by atoms with van der Waals surface area (Å²) < 4.78 is 16.5. The van der Waals surface area contributed by atoms with Crippen molar-refractivity contribution in [3.63, 3.8) is 0 Å². The van der Waals surface area contributed by atoms with Crippen LogP contribution in [-0.4, -0.2) is 23.3 Å². The van der Waals surface area contributed by atoms with E-state index in [2.05, 4.69) is 30.9 Å². The van der Waals surface area contributed by atoms with Crippen molar-refractivity contribution in [2.75, 3.05) is 7.11 Å². The van der Waals surface area contributed by atoms with Gasteiger partial charge in [0, 0.05) is 4.47 Å². The van der Waals surface area contributed by atoms with Crippen molar-refractivity contribution < 1.29 is 18.4 Å². The molecule has 0 spiro atoms. The van der Waals surface area contributed by atoms with E-state index in [0.717, 1.165) is 10.0 Å². The van der Waals surface area contributed by atoms with Crippen LogP contribution in [0.4, 0.5) is 0 Å². The van der Waals surface area contributed by atoms with Gasteiger partial charge in [-0.15, -0.1) is 10.2 Å². The van der Waals surface area contributed by atoms with Gasteiger partial charge in [-0.3, -0.25) is 0 Å². The van der Waals surface area contributed by atoms with Crippen LogP contribution in [0.3, 0.4) is 0 Å². The number of aromatic nitrogens is 2. The lowest BCUT2D eigenvalue weighted by atomic mass is 10.2. The molecule has 0 amide bonds. The molecule has 0 fully saturated rings. The molecule has 2 aromatic heterocycles. The van der Waals surface area contributed by atoms with Crippen LogP contribution in [-0.2, 0) is 10.5 Å². The molecule has 0 saturated heterocycles. The number of esters is 1. The molecule has 0 radical (unpaired) electrons. The van der Waals surface area contributed by atoms with Crippen LogP contribution in [0.15, 0.2) is 54.9 Å². The van der Waals surface area contributed by atoms with Crippen LogP contribution in [0, 0.1) is 0 Å². The predicted molar refractivity (Wildman–Crippen MR) is 87.0 cm³/mol. The van der Waals surface area contributed by atoms with Gasteiger partial charge < -0.3 is 13.6 Å². The maximum Gasteiger partial charge on any atom is 0.373 e. The van der Waals surface area contributed by atoms with Gasteiger partial charge in [-0.1, -0.05) is 23.9 Å². The molecule has 3 rings (SSSR count). The predicted octanol–water partition coefficient (Wildman–Crippen LogP) is 4.17. The number of methoxy groups -OCH3 is 1. The fourth-order valence-corrected chi connectivity index (χ4v) is 2.92. The van der Waals surface area contributed by atoms with E-state index in [1.165, 1.54) is 18.9 Å². The van der Waals surface area contributed by atoms with Gasteiger partial charge in [-0.25, -0.2) is 4.79 Å². The number of furan rings is 1. The Morgan fingerprint density at radius 1 is 1.22 bits per heavy atom. The second-order valence-electron chi connectivity index (χ2n) is 4.40. The fraction of sp³-hybridized carbons (Fsp3) is 0.133. The van der Waals surface area contributed by atoms with Crippen molar-refractivity contribution in [1.29, 1.82) is 0 Å². The molecule has 6 nitrogen and oxygen atoms in total. The Kier molecular flexibility index (Phi) is 4.82. The van der Waals surface area contributed by atoms with Gasteiger partial charge in [0.2, 0.25) is 11.7 Å². The van der Waals surface area contributed by atoms with Crippen LogP contribution in [0.5, 0.6) is 0 Å². The summed E-state index contributed by atoms with van der Waals surface area (Å²) in [7, 11) is 1.31.